The molecule has 3 rings (SSSR count). The summed E-state index contributed by atoms with van der Waals surface area (Å²) in [4.78, 5) is 8.31. The number of nitrogens with zero attached hydrogens (tertiary/aromatic N) is 5. The molecule has 0 bridgehead atoms. The van der Waals surface area contributed by atoms with Crippen molar-refractivity contribution in [3.8, 4) is 17.1 Å². The third kappa shape index (κ3) is 3.19. The summed E-state index contributed by atoms with van der Waals surface area (Å²) in [5.74, 6) is 0. The molecule has 0 aliphatic carbocycles. The van der Waals surface area contributed by atoms with E-state index < -0.39 is 0 Å². The molecule has 0 amide bonds. The Morgan fingerprint density at radius 2 is 1.87 bits per heavy atom. The van der Waals surface area contributed by atoms with Crippen molar-refractivity contribution in [2.75, 3.05) is 7.11 Å². The van der Waals surface area contributed by atoms with Gasteiger partial charge in [-0.15, -0.1) is 5.10 Å². The highest BCUT2D eigenvalue weighted by atomic mass is 79.9. The van der Waals surface area contributed by atoms with E-state index in [4.69, 9.17) is 4.74 Å². The molecule has 0 fully saturated rings. The van der Waals surface area contributed by atoms with Crippen molar-refractivity contribution in [2.45, 2.75) is 27.3 Å². The summed E-state index contributed by atoms with van der Waals surface area (Å²) in [6.07, 6.45) is 3.47. The molecule has 0 aliphatic heterocycles. The lowest BCUT2D eigenvalue weighted by atomic mass is 9.97. The molecule has 1 aromatic carbocycles. The van der Waals surface area contributed by atoms with Gasteiger partial charge in [-0.2, -0.15) is 0 Å². The summed E-state index contributed by atoms with van der Waals surface area (Å²) in [5, 5.41) is 8.61. The third-order valence-electron chi connectivity index (χ3n) is 3.37. The highest BCUT2D eigenvalue weighted by Crippen LogP contribution is 2.33. The lowest BCUT2D eigenvalue weighted by molar-refractivity contribution is 0.327. The van der Waals surface area contributed by atoms with E-state index in [-0.39, 0.29) is 5.41 Å². The van der Waals surface area contributed by atoms with Crippen molar-refractivity contribution < 1.29 is 4.74 Å². The molecule has 0 unspecified atom stereocenters. The van der Waals surface area contributed by atoms with Crippen LogP contribution in [-0.4, -0.2) is 32.1 Å². The second-order valence-corrected chi connectivity index (χ2v) is 7.35. The van der Waals surface area contributed by atoms with E-state index in [1.165, 1.54) is 0 Å². The van der Waals surface area contributed by atoms with E-state index in [1.807, 2.05) is 16.8 Å². The summed E-state index contributed by atoms with van der Waals surface area (Å²) in [7, 11) is 1.55. The minimum Gasteiger partial charge on any atom is -0.467 e. The molecule has 0 saturated heterocycles. The Morgan fingerprint density at radius 1 is 1.17 bits per heavy atom. The molecular formula is C16H18BrN5O. The number of methoxy groups -OCH3 is 1. The van der Waals surface area contributed by atoms with Crippen LogP contribution < -0.4 is 4.74 Å². The van der Waals surface area contributed by atoms with Crippen LogP contribution in [0.25, 0.3) is 22.2 Å². The number of hydrogen-bond donors (Lipinski definition) is 0. The topological polar surface area (TPSA) is 65.7 Å². The van der Waals surface area contributed by atoms with Gasteiger partial charge in [0.05, 0.1) is 17.1 Å². The van der Waals surface area contributed by atoms with Crippen molar-refractivity contribution in [3.05, 3.63) is 29.0 Å². The second-order valence-electron chi connectivity index (χ2n) is 6.56. The Labute approximate surface area is 143 Å². The van der Waals surface area contributed by atoms with Gasteiger partial charge >= 0.3 is 6.01 Å². The van der Waals surface area contributed by atoms with Crippen molar-refractivity contribution in [3.63, 3.8) is 0 Å². The minimum atomic E-state index is 0.135. The monoisotopic (exact) mass is 375 g/mol. The van der Waals surface area contributed by atoms with E-state index in [9.17, 15) is 0 Å². The number of aromatic nitrogens is 5. The molecule has 2 heterocycles. The number of benzene rings is 1. The van der Waals surface area contributed by atoms with Gasteiger partial charge in [0.15, 0.2) is 0 Å². The molecule has 3 aromatic rings. The van der Waals surface area contributed by atoms with Crippen LogP contribution in [0.5, 0.6) is 6.01 Å². The maximum absolute atomic E-state index is 5.00. The molecule has 23 heavy (non-hydrogen) atoms. The first-order valence-corrected chi connectivity index (χ1v) is 8.06. The highest BCUT2D eigenvalue weighted by molar-refractivity contribution is 9.10. The zero-order valence-electron chi connectivity index (χ0n) is 13.5. The van der Waals surface area contributed by atoms with Crippen molar-refractivity contribution in [1.29, 1.82) is 0 Å². The number of rotatable bonds is 3. The predicted octanol–water partition coefficient (Wildman–Crippen LogP) is 3.71. The second kappa shape index (κ2) is 5.88. The van der Waals surface area contributed by atoms with E-state index in [0.29, 0.717) is 6.01 Å². The van der Waals surface area contributed by atoms with Crippen LogP contribution in [0.2, 0.25) is 0 Å². The summed E-state index contributed by atoms with van der Waals surface area (Å²) in [5.41, 5.74) is 3.84. The first-order chi connectivity index (χ1) is 10.9. The summed E-state index contributed by atoms with van der Waals surface area (Å²) >= 11 is 3.64. The van der Waals surface area contributed by atoms with Gasteiger partial charge in [-0.3, -0.25) is 0 Å². The smallest absolute Gasteiger partial charge is 0.316 e. The number of fused-ring (bicyclic) bond motifs is 1. The van der Waals surface area contributed by atoms with E-state index in [0.717, 1.165) is 33.2 Å². The maximum Gasteiger partial charge on any atom is 0.316 e. The van der Waals surface area contributed by atoms with Crippen molar-refractivity contribution in [2.24, 2.45) is 5.41 Å². The van der Waals surface area contributed by atoms with Gasteiger partial charge < -0.3 is 4.74 Å². The SMILES string of the molecule is COc1ncc(-c2ccc3c(nnn3CC(C)(C)C)c2Br)cn1. The van der Waals surface area contributed by atoms with Crippen LogP contribution in [-0.2, 0) is 6.54 Å². The third-order valence-corrected chi connectivity index (χ3v) is 4.17. The summed E-state index contributed by atoms with van der Waals surface area (Å²) in [6, 6.07) is 4.41. The van der Waals surface area contributed by atoms with Gasteiger partial charge in [0.25, 0.3) is 0 Å². The van der Waals surface area contributed by atoms with E-state index in [2.05, 4.69) is 57.0 Å². The zero-order valence-corrected chi connectivity index (χ0v) is 15.1. The molecule has 0 atom stereocenters. The average Bonchev–Trinajstić information content (AvgIpc) is 2.90. The van der Waals surface area contributed by atoms with Gasteiger partial charge in [0.2, 0.25) is 0 Å². The molecule has 0 spiro atoms. The molecule has 6 nitrogen and oxygen atoms in total. The quantitative estimate of drug-likeness (QED) is 0.697. The van der Waals surface area contributed by atoms with Crippen LogP contribution in [0.4, 0.5) is 0 Å². The molecule has 0 aliphatic rings. The van der Waals surface area contributed by atoms with Gasteiger partial charge in [-0.1, -0.05) is 32.1 Å². The largest absolute Gasteiger partial charge is 0.467 e. The fraction of sp³-hybridized carbons (Fsp3) is 0.375. The maximum atomic E-state index is 5.00. The van der Waals surface area contributed by atoms with Gasteiger partial charge in [0.1, 0.15) is 5.52 Å². The Balaban J connectivity index is 2.05. The number of halogens is 1. The fourth-order valence-corrected chi connectivity index (χ4v) is 3.00. The Hall–Kier alpha value is -2.02. The van der Waals surface area contributed by atoms with Gasteiger partial charge in [0, 0.05) is 30.1 Å². The number of hydrogen-bond acceptors (Lipinski definition) is 5. The average molecular weight is 376 g/mol. The zero-order chi connectivity index (χ0) is 16.6. The van der Waals surface area contributed by atoms with E-state index in [1.54, 1.807) is 19.5 Å². The highest BCUT2D eigenvalue weighted by Gasteiger charge is 2.17. The molecule has 0 saturated carbocycles. The van der Waals surface area contributed by atoms with Crippen LogP contribution in [0.15, 0.2) is 29.0 Å². The molecule has 2 aromatic heterocycles. The molecular weight excluding hydrogens is 358 g/mol. The number of ether oxygens (including phenoxy) is 1. The Bertz CT molecular complexity index is 836. The lowest BCUT2D eigenvalue weighted by Gasteiger charge is -2.18. The summed E-state index contributed by atoms with van der Waals surface area (Å²) < 4.78 is 7.83. The fourth-order valence-electron chi connectivity index (χ4n) is 2.35. The predicted molar refractivity (Wildman–Crippen MR) is 92.3 cm³/mol. The van der Waals surface area contributed by atoms with Crippen molar-refractivity contribution >= 4 is 27.0 Å². The first kappa shape index (κ1) is 15.9. The van der Waals surface area contributed by atoms with Gasteiger partial charge in [-0.05, 0) is 27.4 Å². The molecule has 120 valence electrons. The van der Waals surface area contributed by atoms with Crippen LogP contribution >= 0.6 is 15.9 Å². The molecule has 0 radical (unpaired) electrons. The standard InChI is InChI=1S/C16H18BrN5O/c1-16(2,3)9-22-12-6-5-11(13(17)14(12)20-21-22)10-7-18-15(23-4)19-8-10/h5-8H,9H2,1-4H3. The lowest BCUT2D eigenvalue weighted by Crippen LogP contribution is -2.16. The van der Waals surface area contributed by atoms with Crippen molar-refractivity contribution in [1.82, 2.24) is 25.0 Å². The van der Waals surface area contributed by atoms with Crippen LogP contribution in [0.1, 0.15) is 20.8 Å². The Kier molecular flexibility index (Phi) is 4.06. The first-order valence-electron chi connectivity index (χ1n) is 7.27. The molecule has 7 heteroatoms. The van der Waals surface area contributed by atoms with E-state index >= 15 is 0 Å². The molecule has 0 N–H and O–H groups in total. The summed E-state index contributed by atoms with van der Waals surface area (Å²) in [6.45, 7) is 7.34. The normalized spacial score (nSPS) is 11.9. The minimum absolute atomic E-state index is 0.135. The van der Waals surface area contributed by atoms with Crippen LogP contribution in [0, 0.1) is 5.41 Å². The Morgan fingerprint density at radius 3 is 2.48 bits per heavy atom. The van der Waals surface area contributed by atoms with Crippen LogP contribution in [0.3, 0.4) is 0 Å². The van der Waals surface area contributed by atoms with Gasteiger partial charge in [-0.25, -0.2) is 14.6 Å².